The van der Waals surface area contributed by atoms with Crippen molar-refractivity contribution in [3.63, 3.8) is 0 Å². The average Bonchev–Trinajstić information content (AvgIpc) is 2.43. The second-order valence-electron chi connectivity index (χ2n) is 5.50. The van der Waals surface area contributed by atoms with Crippen molar-refractivity contribution in [1.29, 1.82) is 0 Å². The molecule has 1 rings (SSSR count). The maximum Gasteiger partial charge on any atom is 0.410 e. The van der Waals surface area contributed by atoms with Gasteiger partial charge in [-0.15, -0.1) is 0 Å². The molecule has 0 aromatic carbocycles. The van der Waals surface area contributed by atoms with E-state index in [9.17, 15) is 14.4 Å². The normalized spacial score (nSPS) is 18.5. The highest BCUT2D eigenvalue weighted by Gasteiger charge is 2.28. The number of rotatable bonds is 9. The molecule has 1 aliphatic rings. The molecule has 6 heteroatoms. The van der Waals surface area contributed by atoms with Gasteiger partial charge in [-0.3, -0.25) is 9.69 Å². The molecule has 1 fully saturated rings. The molecule has 0 radical (unpaired) electrons. The molecule has 0 spiro atoms. The van der Waals surface area contributed by atoms with Crippen molar-refractivity contribution < 1.29 is 23.9 Å². The Morgan fingerprint density at radius 1 is 1.38 bits per heavy atom. The minimum Gasteiger partial charge on any atom is -0.463 e. The minimum absolute atomic E-state index is 0.0668. The van der Waals surface area contributed by atoms with Crippen LogP contribution < -0.4 is 0 Å². The Balaban J connectivity index is 2.11. The lowest BCUT2D eigenvalue weighted by molar-refractivity contribution is -0.147. The van der Waals surface area contributed by atoms with Crippen LogP contribution in [0.25, 0.3) is 0 Å². The lowest BCUT2D eigenvalue weighted by Crippen LogP contribution is -2.46. The summed E-state index contributed by atoms with van der Waals surface area (Å²) < 4.78 is 9.98. The minimum atomic E-state index is -0.404. The van der Waals surface area contributed by atoms with E-state index in [1.807, 2.05) is 13.8 Å². The zero-order valence-corrected chi connectivity index (χ0v) is 12.9. The van der Waals surface area contributed by atoms with Crippen LogP contribution in [0.5, 0.6) is 0 Å². The molecule has 120 valence electrons. The number of carbonyl (C=O) groups is 3. The number of esters is 1. The largest absolute Gasteiger partial charge is 0.463 e. The standard InChI is InChI=1S/C15H25NO5/c1-12(2)21-14(18)7-5-3-4-6-9-16-13(11-17)8-10-20-15(16)19/h11-13H,3-10H2,1-2H3/t13-/m1/s1. The number of amides is 1. The molecular weight excluding hydrogens is 274 g/mol. The van der Waals surface area contributed by atoms with Crippen molar-refractivity contribution in [3.05, 3.63) is 0 Å². The first kappa shape index (κ1) is 17.5. The SMILES string of the molecule is CC(C)OC(=O)CCCCCCN1C(=O)OCC[C@@H]1C=O. The number of unbranched alkanes of at least 4 members (excludes halogenated alkanes) is 3. The molecule has 1 atom stereocenters. The Morgan fingerprint density at radius 3 is 2.76 bits per heavy atom. The summed E-state index contributed by atoms with van der Waals surface area (Å²) in [5, 5.41) is 0. The molecule has 0 bridgehead atoms. The van der Waals surface area contributed by atoms with Gasteiger partial charge in [0.15, 0.2) is 0 Å². The van der Waals surface area contributed by atoms with Crippen LogP contribution in [0.2, 0.25) is 0 Å². The Bertz CT molecular complexity index is 356. The molecule has 0 N–H and O–H groups in total. The van der Waals surface area contributed by atoms with Gasteiger partial charge in [-0.05, 0) is 26.7 Å². The Labute approximate surface area is 125 Å². The molecule has 0 aliphatic carbocycles. The van der Waals surface area contributed by atoms with Gasteiger partial charge in [-0.1, -0.05) is 12.8 Å². The van der Waals surface area contributed by atoms with E-state index in [0.717, 1.165) is 32.0 Å². The van der Waals surface area contributed by atoms with Crippen LogP contribution in [-0.2, 0) is 19.1 Å². The van der Waals surface area contributed by atoms with E-state index in [2.05, 4.69) is 0 Å². The van der Waals surface area contributed by atoms with Crippen molar-refractivity contribution in [3.8, 4) is 0 Å². The zero-order chi connectivity index (χ0) is 15.7. The highest BCUT2D eigenvalue weighted by Crippen LogP contribution is 2.14. The molecule has 1 heterocycles. The van der Waals surface area contributed by atoms with Crippen molar-refractivity contribution in [2.24, 2.45) is 0 Å². The van der Waals surface area contributed by atoms with Gasteiger partial charge in [-0.25, -0.2) is 4.79 Å². The molecule has 21 heavy (non-hydrogen) atoms. The first-order valence-corrected chi connectivity index (χ1v) is 7.62. The number of hydrogen-bond donors (Lipinski definition) is 0. The Kier molecular flexibility index (Phi) is 7.79. The maximum absolute atomic E-state index is 11.6. The fraction of sp³-hybridized carbons (Fsp3) is 0.800. The van der Waals surface area contributed by atoms with Gasteiger partial charge in [0.2, 0.25) is 0 Å². The van der Waals surface area contributed by atoms with E-state index >= 15 is 0 Å². The summed E-state index contributed by atoms with van der Waals surface area (Å²) in [6.07, 6.45) is 4.74. The monoisotopic (exact) mass is 299 g/mol. The van der Waals surface area contributed by atoms with E-state index in [4.69, 9.17) is 9.47 Å². The van der Waals surface area contributed by atoms with Crippen LogP contribution in [0.4, 0.5) is 4.79 Å². The van der Waals surface area contributed by atoms with E-state index in [0.29, 0.717) is 26.0 Å². The van der Waals surface area contributed by atoms with Crippen LogP contribution in [0.15, 0.2) is 0 Å². The summed E-state index contributed by atoms with van der Waals surface area (Å²) in [5.41, 5.74) is 0. The fourth-order valence-corrected chi connectivity index (χ4v) is 2.27. The van der Waals surface area contributed by atoms with Crippen LogP contribution in [0.3, 0.4) is 0 Å². The molecule has 6 nitrogen and oxygen atoms in total. The van der Waals surface area contributed by atoms with E-state index < -0.39 is 6.09 Å². The van der Waals surface area contributed by atoms with Crippen molar-refractivity contribution >= 4 is 18.3 Å². The first-order chi connectivity index (χ1) is 10.0. The van der Waals surface area contributed by atoms with Gasteiger partial charge in [0.25, 0.3) is 0 Å². The van der Waals surface area contributed by atoms with Crippen LogP contribution in [0, 0.1) is 0 Å². The molecule has 1 aliphatic heterocycles. The highest BCUT2D eigenvalue weighted by molar-refractivity contribution is 5.74. The first-order valence-electron chi connectivity index (χ1n) is 7.62. The van der Waals surface area contributed by atoms with Crippen molar-refractivity contribution in [2.45, 2.75) is 64.5 Å². The summed E-state index contributed by atoms with van der Waals surface area (Å²) >= 11 is 0. The van der Waals surface area contributed by atoms with Gasteiger partial charge in [-0.2, -0.15) is 0 Å². The van der Waals surface area contributed by atoms with Crippen LogP contribution in [0.1, 0.15) is 52.4 Å². The van der Waals surface area contributed by atoms with Gasteiger partial charge in [0, 0.05) is 19.4 Å². The second-order valence-corrected chi connectivity index (χ2v) is 5.50. The molecule has 0 unspecified atom stereocenters. The number of nitrogens with zero attached hydrogens (tertiary/aromatic N) is 1. The topological polar surface area (TPSA) is 72.9 Å². The summed E-state index contributed by atoms with van der Waals surface area (Å²) in [6.45, 7) is 4.51. The summed E-state index contributed by atoms with van der Waals surface area (Å²) in [6, 6.07) is -0.354. The maximum atomic E-state index is 11.6. The lowest BCUT2D eigenvalue weighted by atomic mass is 10.1. The summed E-state index contributed by atoms with van der Waals surface area (Å²) in [4.78, 5) is 35.3. The van der Waals surface area contributed by atoms with Crippen molar-refractivity contribution in [1.82, 2.24) is 4.90 Å². The molecular formula is C15H25NO5. The highest BCUT2D eigenvalue weighted by atomic mass is 16.6. The van der Waals surface area contributed by atoms with Crippen LogP contribution in [-0.4, -0.2) is 48.5 Å². The van der Waals surface area contributed by atoms with Gasteiger partial charge >= 0.3 is 12.1 Å². The Morgan fingerprint density at radius 2 is 2.10 bits per heavy atom. The molecule has 0 aromatic rings. The summed E-state index contributed by atoms with van der Waals surface area (Å²) in [7, 11) is 0. The smallest absolute Gasteiger partial charge is 0.410 e. The number of ether oxygens (including phenoxy) is 2. The molecule has 0 saturated carbocycles. The number of aldehydes is 1. The van der Waals surface area contributed by atoms with Gasteiger partial charge < -0.3 is 14.3 Å². The second kappa shape index (κ2) is 9.37. The molecule has 0 aromatic heterocycles. The van der Waals surface area contributed by atoms with Gasteiger partial charge in [0.05, 0.1) is 18.8 Å². The van der Waals surface area contributed by atoms with Crippen LogP contribution >= 0.6 is 0 Å². The predicted molar refractivity (Wildman–Crippen MR) is 76.8 cm³/mol. The third-order valence-corrected chi connectivity index (χ3v) is 3.33. The number of carbonyl (C=O) groups excluding carboxylic acids is 3. The van der Waals surface area contributed by atoms with Gasteiger partial charge in [0.1, 0.15) is 6.29 Å². The summed E-state index contributed by atoms with van der Waals surface area (Å²) in [5.74, 6) is -0.161. The Hall–Kier alpha value is -1.59. The predicted octanol–water partition coefficient (Wildman–Crippen LogP) is 2.30. The quantitative estimate of drug-likeness (QED) is 0.371. The zero-order valence-electron chi connectivity index (χ0n) is 12.9. The average molecular weight is 299 g/mol. The van der Waals surface area contributed by atoms with E-state index in [1.54, 1.807) is 0 Å². The van der Waals surface area contributed by atoms with E-state index in [-0.39, 0.29) is 18.1 Å². The third-order valence-electron chi connectivity index (χ3n) is 3.33. The third kappa shape index (κ3) is 6.60. The number of hydrogen-bond acceptors (Lipinski definition) is 5. The molecule has 1 amide bonds. The molecule has 1 saturated heterocycles. The fourth-order valence-electron chi connectivity index (χ4n) is 2.27. The number of cyclic esters (lactones) is 1. The lowest BCUT2D eigenvalue weighted by Gasteiger charge is -2.31. The van der Waals surface area contributed by atoms with Crippen molar-refractivity contribution in [2.75, 3.05) is 13.2 Å². The van der Waals surface area contributed by atoms with E-state index in [1.165, 1.54) is 4.90 Å².